The first-order valence-electron chi connectivity index (χ1n) is 6.20. The van der Waals surface area contributed by atoms with E-state index in [1.165, 1.54) is 4.88 Å². The fraction of sp³-hybridized carbons (Fsp3) is 0.286. The minimum absolute atomic E-state index is 0.0342. The molecule has 5 heteroatoms. The van der Waals surface area contributed by atoms with Gasteiger partial charge in [0.05, 0.1) is 11.2 Å². The van der Waals surface area contributed by atoms with Gasteiger partial charge in [0.2, 0.25) is 5.91 Å². The minimum atomic E-state index is 0.0342. The van der Waals surface area contributed by atoms with Crippen LogP contribution in [0, 0.1) is 5.92 Å². The second-order valence-corrected chi connectivity index (χ2v) is 6.04. The van der Waals surface area contributed by atoms with Crippen LogP contribution in [0.4, 0.5) is 5.69 Å². The minimum Gasteiger partial charge on any atom is -0.326 e. The second kappa shape index (κ2) is 5.31. The molecule has 1 aliphatic carbocycles. The van der Waals surface area contributed by atoms with Crippen molar-refractivity contribution in [2.75, 3.05) is 5.32 Å². The molecule has 0 radical (unpaired) electrons. The van der Waals surface area contributed by atoms with Crippen molar-refractivity contribution in [3.05, 3.63) is 45.4 Å². The predicted octanol–water partition coefficient (Wildman–Crippen LogP) is 3.54. The van der Waals surface area contributed by atoms with Crippen LogP contribution in [0.3, 0.4) is 0 Å². The fourth-order valence-electron chi connectivity index (χ4n) is 2.33. The summed E-state index contributed by atoms with van der Waals surface area (Å²) in [6, 6.07) is 7.24. The molecule has 1 aromatic carbocycles. The van der Waals surface area contributed by atoms with E-state index in [-0.39, 0.29) is 11.8 Å². The summed E-state index contributed by atoms with van der Waals surface area (Å²) in [5, 5.41) is 3.57. The number of aromatic nitrogens is 1. The number of aryl methyl sites for hydroxylation is 1. The molecule has 1 atom stereocenters. The number of amides is 1. The van der Waals surface area contributed by atoms with E-state index < -0.39 is 0 Å². The lowest BCUT2D eigenvalue weighted by Gasteiger charge is -2.20. The normalized spacial score (nSPS) is 17.8. The number of thiazole rings is 1. The molecular weight excluding hydrogens is 280 g/mol. The average molecular weight is 293 g/mol. The van der Waals surface area contributed by atoms with E-state index in [1.807, 2.05) is 17.6 Å². The molecule has 1 unspecified atom stereocenters. The Labute approximate surface area is 120 Å². The van der Waals surface area contributed by atoms with Crippen LogP contribution in [0.1, 0.15) is 17.0 Å². The Morgan fingerprint density at radius 1 is 1.47 bits per heavy atom. The Balaban J connectivity index is 1.69. The van der Waals surface area contributed by atoms with Crippen LogP contribution < -0.4 is 5.32 Å². The number of carbonyl (C=O) groups excluding carboxylic acids is 1. The predicted molar refractivity (Wildman–Crippen MR) is 77.7 cm³/mol. The quantitative estimate of drug-likeness (QED) is 0.920. The number of fused-ring (bicyclic) bond motifs is 1. The van der Waals surface area contributed by atoms with E-state index >= 15 is 0 Å². The van der Waals surface area contributed by atoms with Crippen molar-refractivity contribution in [2.24, 2.45) is 5.92 Å². The molecule has 19 heavy (non-hydrogen) atoms. The summed E-state index contributed by atoms with van der Waals surface area (Å²) in [4.78, 5) is 17.8. The lowest BCUT2D eigenvalue weighted by molar-refractivity contribution is -0.120. The number of nitrogens with one attached hydrogen (secondary N) is 1. The molecule has 2 aromatic rings. The highest BCUT2D eigenvalue weighted by Gasteiger charge is 2.26. The van der Waals surface area contributed by atoms with Crippen molar-refractivity contribution in [3.8, 4) is 0 Å². The summed E-state index contributed by atoms with van der Waals surface area (Å²) in [6.45, 7) is 0. The van der Waals surface area contributed by atoms with Crippen molar-refractivity contribution >= 4 is 34.5 Å². The van der Waals surface area contributed by atoms with Gasteiger partial charge >= 0.3 is 0 Å². The second-order valence-electron chi connectivity index (χ2n) is 4.66. The van der Waals surface area contributed by atoms with Crippen LogP contribution in [0.2, 0.25) is 5.02 Å². The maximum absolute atomic E-state index is 12.2. The maximum Gasteiger partial charge on any atom is 0.227 e. The highest BCUT2D eigenvalue weighted by atomic mass is 35.5. The molecule has 1 aliphatic rings. The molecule has 3 nitrogen and oxygen atoms in total. The fourth-order valence-corrected chi connectivity index (χ4v) is 3.42. The summed E-state index contributed by atoms with van der Waals surface area (Å²) >= 11 is 7.55. The molecule has 1 N–H and O–H groups in total. The van der Waals surface area contributed by atoms with Crippen LogP contribution in [0.25, 0.3) is 0 Å². The van der Waals surface area contributed by atoms with Crippen molar-refractivity contribution in [2.45, 2.75) is 19.3 Å². The Kier molecular flexibility index (Phi) is 3.53. The first-order valence-corrected chi connectivity index (χ1v) is 7.46. The zero-order chi connectivity index (χ0) is 13.2. The topological polar surface area (TPSA) is 42.0 Å². The van der Waals surface area contributed by atoms with E-state index in [2.05, 4.69) is 10.3 Å². The summed E-state index contributed by atoms with van der Waals surface area (Å²) in [6.07, 6.45) is 2.56. The summed E-state index contributed by atoms with van der Waals surface area (Å²) < 4.78 is 0. The zero-order valence-electron chi connectivity index (χ0n) is 10.2. The summed E-state index contributed by atoms with van der Waals surface area (Å²) in [5.41, 5.74) is 3.78. The van der Waals surface area contributed by atoms with Gasteiger partial charge in [0.25, 0.3) is 0 Å². The highest BCUT2D eigenvalue weighted by molar-refractivity contribution is 7.09. The van der Waals surface area contributed by atoms with E-state index in [0.717, 1.165) is 30.6 Å². The molecule has 98 valence electrons. The smallest absolute Gasteiger partial charge is 0.227 e. The summed E-state index contributed by atoms with van der Waals surface area (Å²) in [5.74, 6) is 0.105. The third-order valence-electron chi connectivity index (χ3n) is 3.35. The Morgan fingerprint density at radius 3 is 3.21 bits per heavy atom. The molecule has 0 aliphatic heterocycles. The molecular formula is C14H13ClN2OS. The Bertz CT molecular complexity index is 611. The molecule has 0 fully saturated rings. The van der Waals surface area contributed by atoms with Crippen LogP contribution in [-0.4, -0.2) is 10.9 Å². The lowest BCUT2D eigenvalue weighted by Crippen LogP contribution is -2.27. The number of rotatable bonds is 2. The Morgan fingerprint density at radius 2 is 2.37 bits per heavy atom. The number of halogens is 1. The number of carbonyl (C=O) groups is 1. The van der Waals surface area contributed by atoms with Gasteiger partial charge in [-0.2, -0.15) is 0 Å². The van der Waals surface area contributed by atoms with Gasteiger partial charge < -0.3 is 5.32 Å². The molecule has 0 saturated heterocycles. The standard InChI is InChI=1S/C14H13ClN2OS/c15-10-2-1-3-11(7-10)17-14(18)9-4-5-12-13(6-9)19-8-16-12/h1-3,7-9H,4-6H2,(H,17,18). The average Bonchev–Trinajstić information content (AvgIpc) is 2.85. The van der Waals surface area contributed by atoms with E-state index in [4.69, 9.17) is 11.6 Å². The number of anilines is 1. The third kappa shape index (κ3) is 2.80. The van der Waals surface area contributed by atoms with E-state index in [0.29, 0.717) is 5.02 Å². The van der Waals surface area contributed by atoms with Crippen molar-refractivity contribution < 1.29 is 4.79 Å². The van der Waals surface area contributed by atoms with Crippen LogP contribution in [0.5, 0.6) is 0 Å². The number of hydrogen-bond donors (Lipinski definition) is 1. The maximum atomic E-state index is 12.2. The van der Waals surface area contributed by atoms with Gasteiger partial charge in [-0.3, -0.25) is 4.79 Å². The van der Waals surface area contributed by atoms with E-state index in [9.17, 15) is 4.79 Å². The van der Waals surface area contributed by atoms with Crippen LogP contribution >= 0.6 is 22.9 Å². The van der Waals surface area contributed by atoms with Gasteiger partial charge in [0, 0.05) is 21.5 Å². The molecule has 0 saturated carbocycles. The zero-order valence-corrected chi connectivity index (χ0v) is 11.8. The molecule has 1 aromatic heterocycles. The molecule has 3 rings (SSSR count). The van der Waals surface area contributed by atoms with Crippen molar-refractivity contribution in [3.63, 3.8) is 0 Å². The van der Waals surface area contributed by atoms with Gasteiger partial charge in [-0.05, 0) is 37.5 Å². The van der Waals surface area contributed by atoms with Gasteiger partial charge in [-0.15, -0.1) is 11.3 Å². The molecule has 0 spiro atoms. The Hall–Kier alpha value is -1.39. The van der Waals surface area contributed by atoms with Crippen molar-refractivity contribution in [1.82, 2.24) is 4.98 Å². The monoisotopic (exact) mass is 292 g/mol. The van der Waals surface area contributed by atoms with Crippen LogP contribution in [-0.2, 0) is 17.6 Å². The van der Waals surface area contributed by atoms with Gasteiger partial charge in [-0.25, -0.2) is 4.98 Å². The largest absolute Gasteiger partial charge is 0.326 e. The molecule has 1 amide bonds. The van der Waals surface area contributed by atoms with E-state index in [1.54, 1.807) is 23.5 Å². The van der Waals surface area contributed by atoms with Gasteiger partial charge in [-0.1, -0.05) is 17.7 Å². The molecule has 0 bridgehead atoms. The molecule has 1 heterocycles. The number of benzene rings is 1. The van der Waals surface area contributed by atoms with Gasteiger partial charge in [0.1, 0.15) is 0 Å². The first-order chi connectivity index (χ1) is 9.22. The highest BCUT2D eigenvalue weighted by Crippen LogP contribution is 2.28. The third-order valence-corrected chi connectivity index (χ3v) is 4.48. The van der Waals surface area contributed by atoms with Crippen LogP contribution in [0.15, 0.2) is 29.8 Å². The number of nitrogens with zero attached hydrogens (tertiary/aromatic N) is 1. The SMILES string of the molecule is O=C(Nc1cccc(Cl)c1)C1CCc2ncsc2C1. The number of hydrogen-bond acceptors (Lipinski definition) is 3. The van der Waals surface area contributed by atoms with Crippen molar-refractivity contribution in [1.29, 1.82) is 0 Å². The summed E-state index contributed by atoms with van der Waals surface area (Å²) in [7, 11) is 0. The first kappa shape index (κ1) is 12.6. The van der Waals surface area contributed by atoms with Gasteiger partial charge in [0.15, 0.2) is 0 Å². The lowest BCUT2D eigenvalue weighted by atomic mass is 9.90.